The van der Waals surface area contributed by atoms with Gasteiger partial charge in [-0.3, -0.25) is 0 Å². The third-order valence-corrected chi connectivity index (χ3v) is 4.62. The van der Waals surface area contributed by atoms with Crippen LogP contribution in [0, 0.1) is 0 Å². The van der Waals surface area contributed by atoms with E-state index in [1.807, 2.05) is 0 Å². The molecule has 1 fully saturated rings. The molecule has 2 heteroatoms. The first kappa shape index (κ1) is 19.0. The molecule has 0 heterocycles. The third kappa shape index (κ3) is 8.21. The van der Waals surface area contributed by atoms with E-state index >= 15 is 0 Å². The predicted octanol–water partition coefficient (Wildman–Crippen LogP) is 5.45. The first-order chi connectivity index (χ1) is 9.87. The summed E-state index contributed by atoms with van der Waals surface area (Å²) >= 11 is 0. The van der Waals surface area contributed by atoms with Crippen LogP contribution in [0.5, 0.6) is 0 Å². The molecule has 0 saturated heterocycles. The predicted molar refractivity (Wildman–Crippen MR) is 92.9 cm³/mol. The molecule has 0 aromatic heterocycles. The van der Waals surface area contributed by atoms with Crippen molar-refractivity contribution in [1.29, 1.82) is 0 Å². The molecule has 1 aliphatic carbocycles. The summed E-state index contributed by atoms with van der Waals surface area (Å²) < 4.78 is 6.59. The van der Waals surface area contributed by atoms with Crippen molar-refractivity contribution in [2.24, 2.45) is 0 Å². The van der Waals surface area contributed by atoms with Crippen molar-refractivity contribution in [3.63, 3.8) is 0 Å². The van der Waals surface area contributed by atoms with Gasteiger partial charge in [0.05, 0.1) is 11.7 Å². The maximum Gasteiger partial charge on any atom is 0.0810 e. The zero-order valence-corrected chi connectivity index (χ0v) is 15.3. The number of hydrogen-bond acceptors (Lipinski definition) is 2. The molecule has 2 nitrogen and oxygen atoms in total. The summed E-state index contributed by atoms with van der Waals surface area (Å²) in [6, 6.07) is 0. The lowest BCUT2D eigenvalue weighted by Crippen LogP contribution is -2.51. The third-order valence-electron chi connectivity index (χ3n) is 4.62. The second-order valence-electron chi connectivity index (χ2n) is 8.13. The summed E-state index contributed by atoms with van der Waals surface area (Å²) in [7, 11) is 0. The number of unbranched alkanes of at least 4 members (excludes halogenated alkanes) is 3. The van der Waals surface area contributed by atoms with Crippen molar-refractivity contribution in [3.05, 3.63) is 0 Å². The van der Waals surface area contributed by atoms with Crippen LogP contribution in [0.1, 0.15) is 98.8 Å². The SMILES string of the molecule is CCCCCCC(C)OC1(CNC(C)(C)C)CCCCC1. The molecule has 0 aliphatic heterocycles. The van der Waals surface area contributed by atoms with Gasteiger partial charge in [-0.05, 0) is 47.0 Å². The number of ether oxygens (including phenoxy) is 1. The maximum absolute atomic E-state index is 6.59. The molecular weight excluding hydrogens is 258 g/mol. The van der Waals surface area contributed by atoms with Gasteiger partial charge in [0, 0.05) is 12.1 Å². The van der Waals surface area contributed by atoms with Gasteiger partial charge in [0.15, 0.2) is 0 Å². The maximum atomic E-state index is 6.59. The van der Waals surface area contributed by atoms with Gasteiger partial charge >= 0.3 is 0 Å². The van der Waals surface area contributed by atoms with E-state index in [1.165, 1.54) is 64.2 Å². The van der Waals surface area contributed by atoms with E-state index in [1.54, 1.807) is 0 Å². The first-order valence-corrected chi connectivity index (χ1v) is 9.30. The van der Waals surface area contributed by atoms with E-state index < -0.39 is 0 Å². The van der Waals surface area contributed by atoms with Gasteiger partial charge in [-0.1, -0.05) is 51.9 Å². The van der Waals surface area contributed by atoms with Crippen molar-refractivity contribution >= 4 is 0 Å². The summed E-state index contributed by atoms with van der Waals surface area (Å²) in [5, 5.41) is 3.69. The van der Waals surface area contributed by atoms with Gasteiger partial charge in [0.1, 0.15) is 0 Å². The highest BCUT2D eigenvalue weighted by Gasteiger charge is 2.35. The molecule has 1 aliphatic rings. The molecule has 1 unspecified atom stereocenters. The van der Waals surface area contributed by atoms with E-state index in [-0.39, 0.29) is 11.1 Å². The topological polar surface area (TPSA) is 21.3 Å². The van der Waals surface area contributed by atoms with E-state index in [9.17, 15) is 0 Å². The summed E-state index contributed by atoms with van der Waals surface area (Å²) in [5.74, 6) is 0. The molecule has 1 N–H and O–H groups in total. The van der Waals surface area contributed by atoms with Crippen LogP contribution in [0.4, 0.5) is 0 Å². The Morgan fingerprint density at radius 2 is 1.71 bits per heavy atom. The fourth-order valence-corrected chi connectivity index (χ4v) is 3.30. The highest BCUT2D eigenvalue weighted by Crippen LogP contribution is 2.33. The zero-order valence-electron chi connectivity index (χ0n) is 15.3. The molecule has 0 spiro atoms. The lowest BCUT2D eigenvalue weighted by atomic mass is 9.83. The largest absolute Gasteiger partial charge is 0.371 e. The minimum atomic E-state index is 0.0930. The van der Waals surface area contributed by atoms with E-state index in [0.29, 0.717) is 6.10 Å². The Kier molecular flexibility index (Phi) is 8.26. The van der Waals surface area contributed by atoms with E-state index in [4.69, 9.17) is 4.74 Å². The quantitative estimate of drug-likeness (QED) is 0.571. The van der Waals surface area contributed by atoms with Gasteiger partial charge in [0.2, 0.25) is 0 Å². The van der Waals surface area contributed by atoms with Crippen LogP contribution in [0.15, 0.2) is 0 Å². The molecule has 0 aromatic rings. The number of hydrogen-bond donors (Lipinski definition) is 1. The average molecular weight is 298 g/mol. The summed E-state index contributed by atoms with van der Waals surface area (Å²) in [6.45, 7) is 12.3. The summed E-state index contributed by atoms with van der Waals surface area (Å²) in [6.07, 6.45) is 13.5. The Morgan fingerprint density at radius 1 is 1.05 bits per heavy atom. The molecule has 126 valence electrons. The number of rotatable bonds is 9. The van der Waals surface area contributed by atoms with Crippen LogP contribution >= 0.6 is 0 Å². The van der Waals surface area contributed by atoms with Crippen molar-refractivity contribution < 1.29 is 4.74 Å². The Labute approximate surface area is 133 Å². The molecule has 1 rings (SSSR count). The Balaban J connectivity index is 2.44. The first-order valence-electron chi connectivity index (χ1n) is 9.30. The fourth-order valence-electron chi connectivity index (χ4n) is 3.30. The minimum Gasteiger partial charge on any atom is -0.371 e. The molecule has 1 saturated carbocycles. The van der Waals surface area contributed by atoms with Crippen LogP contribution in [-0.2, 0) is 4.74 Å². The van der Waals surface area contributed by atoms with E-state index in [2.05, 4.69) is 39.9 Å². The number of nitrogens with one attached hydrogen (secondary N) is 1. The second kappa shape index (κ2) is 9.15. The molecule has 0 amide bonds. The van der Waals surface area contributed by atoms with Crippen LogP contribution < -0.4 is 5.32 Å². The zero-order chi connectivity index (χ0) is 15.8. The van der Waals surface area contributed by atoms with Gasteiger partial charge in [-0.15, -0.1) is 0 Å². The van der Waals surface area contributed by atoms with Crippen molar-refractivity contribution in [1.82, 2.24) is 5.32 Å². The van der Waals surface area contributed by atoms with Crippen LogP contribution in [0.3, 0.4) is 0 Å². The molecule has 21 heavy (non-hydrogen) atoms. The molecular formula is C19H39NO. The summed E-state index contributed by atoms with van der Waals surface area (Å²) in [4.78, 5) is 0. The Hall–Kier alpha value is -0.0800. The van der Waals surface area contributed by atoms with Crippen LogP contribution in [0.25, 0.3) is 0 Å². The van der Waals surface area contributed by atoms with Gasteiger partial charge in [0.25, 0.3) is 0 Å². The Morgan fingerprint density at radius 3 is 2.29 bits per heavy atom. The van der Waals surface area contributed by atoms with Gasteiger partial charge in [-0.25, -0.2) is 0 Å². The Bertz CT molecular complexity index is 263. The lowest BCUT2D eigenvalue weighted by Gasteiger charge is -2.41. The van der Waals surface area contributed by atoms with Gasteiger partial charge in [-0.2, -0.15) is 0 Å². The van der Waals surface area contributed by atoms with Crippen molar-refractivity contribution in [2.75, 3.05) is 6.54 Å². The summed E-state index contributed by atoms with van der Waals surface area (Å²) in [5.41, 5.74) is 0.272. The normalized spacial score (nSPS) is 20.4. The minimum absolute atomic E-state index is 0.0930. The highest BCUT2D eigenvalue weighted by atomic mass is 16.5. The van der Waals surface area contributed by atoms with Crippen LogP contribution in [0.2, 0.25) is 0 Å². The smallest absolute Gasteiger partial charge is 0.0810 e. The molecule has 0 bridgehead atoms. The van der Waals surface area contributed by atoms with Crippen LogP contribution in [-0.4, -0.2) is 23.8 Å². The molecule has 0 aromatic carbocycles. The van der Waals surface area contributed by atoms with E-state index in [0.717, 1.165) is 6.54 Å². The second-order valence-corrected chi connectivity index (χ2v) is 8.13. The van der Waals surface area contributed by atoms with Crippen molar-refractivity contribution in [3.8, 4) is 0 Å². The highest BCUT2D eigenvalue weighted by molar-refractivity contribution is 4.90. The average Bonchev–Trinajstić information content (AvgIpc) is 2.42. The lowest BCUT2D eigenvalue weighted by molar-refractivity contribution is -0.110. The monoisotopic (exact) mass is 297 g/mol. The fraction of sp³-hybridized carbons (Fsp3) is 1.00. The molecule has 0 radical (unpaired) electrons. The standard InChI is InChI=1S/C19H39NO/c1-6-7-8-10-13-17(2)21-19(14-11-9-12-15-19)16-20-18(3,4)5/h17,20H,6-16H2,1-5H3. The van der Waals surface area contributed by atoms with Gasteiger partial charge < -0.3 is 10.1 Å². The van der Waals surface area contributed by atoms with Crippen molar-refractivity contribution in [2.45, 2.75) is 116 Å². The molecule has 1 atom stereocenters.